The summed E-state index contributed by atoms with van der Waals surface area (Å²) in [5, 5.41) is 20.9. The molecule has 0 bridgehead atoms. The molecule has 0 aromatic carbocycles. The highest BCUT2D eigenvalue weighted by Gasteiger charge is 2.39. The lowest BCUT2D eigenvalue weighted by molar-refractivity contribution is -0.168. The van der Waals surface area contributed by atoms with Crippen LogP contribution < -0.4 is 0 Å². The Kier molecular flexibility index (Phi) is 2.81. The predicted molar refractivity (Wildman–Crippen MR) is 40.2 cm³/mol. The molecule has 0 amide bonds. The van der Waals surface area contributed by atoms with E-state index in [2.05, 4.69) is 5.10 Å². The fraction of sp³-hybridized carbons (Fsp3) is 0.571. The number of rotatable bonds is 2. The van der Waals surface area contributed by atoms with E-state index in [9.17, 15) is 13.2 Å². The quantitative estimate of drug-likeness (QED) is 0.715. The molecule has 1 unspecified atom stereocenters. The van der Waals surface area contributed by atoms with Crippen molar-refractivity contribution in [2.45, 2.75) is 25.4 Å². The minimum atomic E-state index is -4.46. The third-order valence-corrected chi connectivity index (χ3v) is 1.81. The number of hydrogen-bond acceptors (Lipinski definition) is 3. The molecule has 0 saturated carbocycles. The van der Waals surface area contributed by atoms with Gasteiger partial charge in [-0.05, 0) is 13.0 Å². The monoisotopic (exact) mass is 210 g/mol. The number of nitrogens with zero attached hydrogens (tertiary/aromatic N) is 2. The average molecular weight is 210 g/mol. The fourth-order valence-corrected chi connectivity index (χ4v) is 0.991. The Balaban J connectivity index is 3.01. The van der Waals surface area contributed by atoms with Crippen LogP contribution in [0.5, 0.6) is 0 Å². The third-order valence-electron chi connectivity index (χ3n) is 1.81. The largest absolute Gasteiger partial charge is 0.410 e. The number of aromatic nitrogens is 2. The van der Waals surface area contributed by atoms with Crippen molar-refractivity contribution in [3.8, 4) is 0 Å². The van der Waals surface area contributed by atoms with Crippen LogP contribution in [0.2, 0.25) is 0 Å². The molecule has 0 aliphatic heterocycles. The topological polar surface area (TPSA) is 58.3 Å². The molecule has 7 heteroatoms. The minimum absolute atomic E-state index is 0.283. The Morgan fingerprint density at radius 2 is 2.00 bits per heavy atom. The van der Waals surface area contributed by atoms with E-state index in [-0.39, 0.29) is 5.69 Å². The van der Waals surface area contributed by atoms with Crippen LogP contribution >= 0.6 is 0 Å². The van der Waals surface area contributed by atoms with Gasteiger partial charge >= 0.3 is 6.18 Å². The van der Waals surface area contributed by atoms with Crippen molar-refractivity contribution in [3.63, 3.8) is 0 Å². The van der Waals surface area contributed by atoms with Gasteiger partial charge in [0.05, 0.1) is 5.69 Å². The summed E-state index contributed by atoms with van der Waals surface area (Å²) in [6, 6.07) is -0.762. The summed E-state index contributed by atoms with van der Waals surface area (Å²) >= 11 is 0. The Morgan fingerprint density at radius 1 is 1.43 bits per heavy atom. The number of aliphatic hydroxyl groups is 2. The second kappa shape index (κ2) is 3.58. The zero-order valence-corrected chi connectivity index (χ0v) is 7.23. The highest BCUT2D eigenvalue weighted by Crippen LogP contribution is 2.31. The standard InChI is InChI=1S/C7H9F3N2O2/c1-4(7(8,9)10)12-5(6(13)14)2-3-11-12/h2-4,6,13-14H,1H3. The molecule has 0 radical (unpaired) electrons. The van der Waals surface area contributed by atoms with Crippen molar-refractivity contribution in [2.75, 3.05) is 0 Å². The van der Waals surface area contributed by atoms with E-state index in [0.29, 0.717) is 4.68 Å². The first-order valence-electron chi connectivity index (χ1n) is 3.80. The second-order valence-electron chi connectivity index (χ2n) is 2.79. The number of hydrogen-bond donors (Lipinski definition) is 2. The summed E-state index contributed by atoms with van der Waals surface area (Å²) < 4.78 is 37.2. The Bertz CT molecular complexity index is 308. The Hall–Kier alpha value is -1.08. The molecule has 0 aliphatic rings. The summed E-state index contributed by atoms with van der Waals surface area (Å²) in [6.07, 6.45) is -5.34. The third kappa shape index (κ3) is 2.05. The molecular formula is C7H9F3N2O2. The zero-order valence-electron chi connectivity index (χ0n) is 7.23. The molecule has 0 spiro atoms. The summed E-state index contributed by atoms with van der Waals surface area (Å²) in [4.78, 5) is 0. The van der Waals surface area contributed by atoms with Crippen LogP contribution in [-0.4, -0.2) is 26.2 Å². The normalized spacial score (nSPS) is 14.8. The fourth-order valence-electron chi connectivity index (χ4n) is 0.991. The lowest BCUT2D eigenvalue weighted by Crippen LogP contribution is -2.26. The smallest absolute Gasteiger partial charge is 0.363 e. The van der Waals surface area contributed by atoms with Gasteiger partial charge in [-0.25, -0.2) is 0 Å². The summed E-state index contributed by atoms with van der Waals surface area (Å²) in [7, 11) is 0. The van der Waals surface area contributed by atoms with E-state index in [1.807, 2.05) is 0 Å². The van der Waals surface area contributed by atoms with Crippen molar-refractivity contribution in [3.05, 3.63) is 18.0 Å². The highest BCUT2D eigenvalue weighted by molar-refractivity contribution is 5.03. The molecule has 1 heterocycles. The molecule has 1 atom stereocenters. The first-order valence-corrected chi connectivity index (χ1v) is 3.80. The highest BCUT2D eigenvalue weighted by atomic mass is 19.4. The Labute approximate surface area is 77.6 Å². The molecular weight excluding hydrogens is 201 g/mol. The lowest BCUT2D eigenvalue weighted by Gasteiger charge is -2.19. The van der Waals surface area contributed by atoms with Gasteiger partial charge < -0.3 is 10.2 Å². The van der Waals surface area contributed by atoms with Crippen molar-refractivity contribution in [1.29, 1.82) is 0 Å². The molecule has 1 aromatic rings. The van der Waals surface area contributed by atoms with Gasteiger partial charge in [0.2, 0.25) is 0 Å². The second-order valence-corrected chi connectivity index (χ2v) is 2.79. The summed E-state index contributed by atoms with van der Waals surface area (Å²) in [5.74, 6) is 0. The van der Waals surface area contributed by atoms with Crippen LogP contribution in [0, 0.1) is 0 Å². The SMILES string of the molecule is CC(n1nccc1C(O)O)C(F)(F)F. The van der Waals surface area contributed by atoms with Crippen LogP contribution in [0.4, 0.5) is 13.2 Å². The van der Waals surface area contributed by atoms with E-state index in [0.717, 1.165) is 19.2 Å². The van der Waals surface area contributed by atoms with Crippen molar-refractivity contribution >= 4 is 0 Å². The van der Waals surface area contributed by atoms with Gasteiger partial charge in [0.1, 0.15) is 6.04 Å². The van der Waals surface area contributed by atoms with Gasteiger partial charge in [-0.15, -0.1) is 0 Å². The van der Waals surface area contributed by atoms with Crippen LogP contribution in [0.1, 0.15) is 24.9 Å². The van der Waals surface area contributed by atoms with Crippen LogP contribution in [0.25, 0.3) is 0 Å². The summed E-state index contributed by atoms with van der Waals surface area (Å²) in [5.41, 5.74) is -0.283. The molecule has 0 fully saturated rings. The molecule has 0 aliphatic carbocycles. The van der Waals surface area contributed by atoms with Gasteiger partial charge in [-0.1, -0.05) is 0 Å². The predicted octanol–water partition coefficient (Wildman–Crippen LogP) is 0.990. The van der Waals surface area contributed by atoms with Gasteiger partial charge in [0.25, 0.3) is 0 Å². The van der Waals surface area contributed by atoms with Crippen LogP contribution in [0.15, 0.2) is 12.3 Å². The number of alkyl halides is 3. The molecule has 1 rings (SSSR count). The zero-order chi connectivity index (χ0) is 10.9. The number of halogens is 3. The minimum Gasteiger partial charge on any atom is -0.363 e. The van der Waals surface area contributed by atoms with Crippen molar-refractivity contribution < 1.29 is 23.4 Å². The van der Waals surface area contributed by atoms with E-state index in [4.69, 9.17) is 10.2 Å². The van der Waals surface area contributed by atoms with Gasteiger partial charge in [-0.2, -0.15) is 18.3 Å². The molecule has 1 aromatic heterocycles. The first-order chi connectivity index (χ1) is 6.34. The van der Waals surface area contributed by atoms with Crippen LogP contribution in [0.3, 0.4) is 0 Å². The molecule has 2 N–H and O–H groups in total. The van der Waals surface area contributed by atoms with Crippen molar-refractivity contribution in [2.24, 2.45) is 0 Å². The molecule has 0 saturated heterocycles. The maximum absolute atomic E-state index is 12.2. The summed E-state index contributed by atoms with van der Waals surface area (Å²) in [6.45, 7) is 0.888. The van der Waals surface area contributed by atoms with Gasteiger partial charge in [-0.3, -0.25) is 4.68 Å². The lowest BCUT2D eigenvalue weighted by atomic mass is 10.3. The van der Waals surface area contributed by atoms with Gasteiger partial charge in [0.15, 0.2) is 6.29 Å². The first kappa shape index (κ1) is 11.0. The van der Waals surface area contributed by atoms with E-state index in [1.54, 1.807) is 0 Å². The van der Waals surface area contributed by atoms with Gasteiger partial charge in [0, 0.05) is 6.20 Å². The van der Waals surface area contributed by atoms with Crippen LogP contribution in [-0.2, 0) is 0 Å². The van der Waals surface area contributed by atoms with E-state index >= 15 is 0 Å². The van der Waals surface area contributed by atoms with E-state index in [1.165, 1.54) is 0 Å². The maximum atomic E-state index is 12.2. The average Bonchev–Trinajstić information content (AvgIpc) is 2.48. The molecule has 4 nitrogen and oxygen atoms in total. The maximum Gasteiger partial charge on any atom is 0.410 e. The Morgan fingerprint density at radius 3 is 2.43 bits per heavy atom. The molecule has 80 valence electrons. The number of aliphatic hydroxyl groups excluding tert-OH is 1. The van der Waals surface area contributed by atoms with Crippen molar-refractivity contribution in [1.82, 2.24) is 9.78 Å². The molecule has 14 heavy (non-hydrogen) atoms. The van der Waals surface area contributed by atoms with E-state index < -0.39 is 18.5 Å².